The second-order valence-electron chi connectivity index (χ2n) is 6.87. The lowest BCUT2D eigenvalue weighted by molar-refractivity contribution is -0.138. The Labute approximate surface area is 171 Å². The average Bonchev–Trinajstić information content (AvgIpc) is 2.63. The van der Waals surface area contributed by atoms with Crippen molar-refractivity contribution in [3.8, 4) is 0 Å². The Kier molecular flexibility index (Phi) is 16.9. The number of carbonyl (C=O) groups is 1. The number of rotatable bonds is 16. The first-order valence-electron chi connectivity index (χ1n) is 10.1. The summed E-state index contributed by atoms with van der Waals surface area (Å²) in [6, 6.07) is 0. The summed E-state index contributed by atoms with van der Waals surface area (Å²) in [7, 11) is 0. The Morgan fingerprint density at radius 1 is 0.778 bits per heavy atom. The fraction of sp³-hybridized carbons (Fsp3) is 0.542. The predicted octanol–water partition coefficient (Wildman–Crippen LogP) is 7.50. The average molecular weight is 391 g/mol. The fourth-order valence-corrected chi connectivity index (χ4v) is 3.10. The molecule has 0 aliphatic rings. The van der Waals surface area contributed by atoms with Crippen molar-refractivity contribution in [3.05, 3.63) is 60.8 Å². The number of hydrogen-bond donors (Lipinski definition) is 1. The Morgan fingerprint density at radius 2 is 1.22 bits per heavy atom. The third-order valence-corrected chi connectivity index (χ3v) is 5.29. The monoisotopic (exact) mass is 390 g/mol. The molecule has 0 heterocycles. The molecule has 0 amide bonds. The summed E-state index contributed by atoms with van der Waals surface area (Å²) in [6.45, 7) is 5.69. The van der Waals surface area contributed by atoms with Gasteiger partial charge in [-0.1, -0.05) is 67.7 Å². The van der Waals surface area contributed by atoms with Crippen LogP contribution in [0.5, 0.6) is 0 Å². The van der Waals surface area contributed by atoms with Crippen LogP contribution in [0.3, 0.4) is 0 Å². The normalized spacial score (nSPS) is 13.3. The zero-order chi connectivity index (χ0) is 20.2. The van der Waals surface area contributed by atoms with Gasteiger partial charge < -0.3 is 5.11 Å². The molecule has 0 aromatic carbocycles. The van der Waals surface area contributed by atoms with Crippen LogP contribution in [-0.4, -0.2) is 21.6 Å². The quantitative estimate of drug-likeness (QED) is 0.219. The van der Waals surface area contributed by atoms with Gasteiger partial charge in [-0.3, -0.25) is 4.79 Å². The number of carboxylic acids is 1. The summed E-state index contributed by atoms with van der Waals surface area (Å²) in [4.78, 5) is 11.0. The minimum atomic E-state index is -0.731. The van der Waals surface area contributed by atoms with Gasteiger partial charge in [0.2, 0.25) is 0 Å². The predicted molar refractivity (Wildman–Crippen MR) is 122 cm³/mol. The van der Waals surface area contributed by atoms with Crippen molar-refractivity contribution in [1.82, 2.24) is 0 Å². The number of thioether (sulfide) groups is 1. The topological polar surface area (TPSA) is 37.3 Å². The van der Waals surface area contributed by atoms with Crippen molar-refractivity contribution >= 4 is 17.7 Å². The first kappa shape index (κ1) is 25.5. The van der Waals surface area contributed by atoms with Crippen LogP contribution >= 0.6 is 11.8 Å². The summed E-state index contributed by atoms with van der Waals surface area (Å²) in [5, 5.41) is 9.04. The molecular weight excluding hydrogens is 352 g/mol. The van der Waals surface area contributed by atoms with Crippen LogP contribution in [0.25, 0.3) is 0 Å². The molecule has 0 radical (unpaired) electrons. The molecule has 0 spiro atoms. The SMILES string of the molecule is CCC=CCC=CCC=CCC=CCC=CCCCCSC(C)(C)C(=O)O. The molecule has 0 unspecified atom stereocenters. The maximum absolute atomic E-state index is 11.0. The molecule has 2 nitrogen and oxygen atoms in total. The zero-order valence-corrected chi connectivity index (χ0v) is 18.2. The molecule has 0 saturated carbocycles. The first-order chi connectivity index (χ1) is 13.0. The third kappa shape index (κ3) is 17.7. The fourth-order valence-electron chi connectivity index (χ4n) is 2.12. The largest absolute Gasteiger partial charge is 0.480 e. The Hall–Kier alpha value is -1.48. The zero-order valence-electron chi connectivity index (χ0n) is 17.4. The van der Waals surface area contributed by atoms with Crippen molar-refractivity contribution in [2.75, 3.05) is 5.75 Å². The minimum Gasteiger partial charge on any atom is -0.480 e. The van der Waals surface area contributed by atoms with Gasteiger partial charge >= 0.3 is 5.97 Å². The standard InChI is InChI=1S/C24H38O2S/c1-4-5-6-7-8-9-10-11-12-13-14-15-16-17-18-19-20-21-22-27-24(2,3)23(25)26/h5-6,8-9,11-12,14-15,17-18H,4,7,10,13,16,19-22H2,1-3H3,(H,25,26). The molecular formula is C24H38O2S. The van der Waals surface area contributed by atoms with Gasteiger partial charge in [-0.15, -0.1) is 11.8 Å². The van der Waals surface area contributed by atoms with Crippen molar-refractivity contribution in [2.45, 2.75) is 76.9 Å². The smallest absolute Gasteiger partial charge is 0.319 e. The lowest BCUT2D eigenvalue weighted by atomic mass is 10.2. The van der Waals surface area contributed by atoms with Crippen LogP contribution in [-0.2, 0) is 4.79 Å². The van der Waals surface area contributed by atoms with Gasteiger partial charge in [-0.2, -0.15) is 0 Å². The minimum absolute atomic E-state index is 0.669. The number of carboxylic acid groups (broad SMARTS) is 1. The van der Waals surface area contributed by atoms with Gasteiger partial charge in [-0.25, -0.2) is 0 Å². The van der Waals surface area contributed by atoms with E-state index in [2.05, 4.69) is 67.7 Å². The van der Waals surface area contributed by atoms with E-state index < -0.39 is 10.7 Å². The summed E-state index contributed by atoms with van der Waals surface area (Å²) >= 11 is 1.53. The van der Waals surface area contributed by atoms with E-state index in [9.17, 15) is 4.79 Å². The maximum Gasteiger partial charge on any atom is 0.319 e. The van der Waals surface area contributed by atoms with E-state index >= 15 is 0 Å². The van der Waals surface area contributed by atoms with Gasteiger partial charge in [0.15, 0.2) is 0 Å². The van der Waals surface area contributed by atoms with Crippen LogP contribution in [0.1, 0.15) is 72.1 Å². The van der Waals surface area contributed by atoms with Crippen molar-refractivity contribution in [3.63, 3.8) is 0 Å². The van der Waals surface area contributed by atoms with Crippen LogP contribution in [0.4, 0.5) is 0 Å². The Balaban J connectivity index is 3.54. The highest BCUT2D eigenvalue weighted by Gasteiger charge is 2.26. The van der Waals surface area contributed by atoms with Gasteiger partial charge in [0.05, 0.1) is 0 Å². The summed E-state index contributed by atoms with van der Waals surface area (Å²) in [5.74, 6) is 0.176. The third-order valence-electron chi connectivity index (χ3n) is 3.90. The molecule has 0 aliphatic heterocycles. The molecule has 0 atom stereocenters. The van der Waals surface area contributed by atoms with Crippen LogP contribution in [0, 0.1) is 0 Å². The molecule has 27 heavy (non-hydrogen) atoms. The van der Waals surface area contributed by atoms with Crippen LogP contribution < -0.4 is 0 Å². The maximum atomic E-state index is 11.0. The van der Waals surface area contributed by atoms with Crippen molar-refractivity contribution in [1.29, 1.82) is 0 Å². The molecule has 0 aromatic rings. The first-order valence-corrected chi connectivity index (χ1v) is 11.1. The number of unbranched alkanes of at least 4 members (excludes halogenated alkanes) is 2. The van der Waals surface area contributed by atoms with Gasteiger partial charge in [-0.05, 0) is 71.0 Å². The Morgan fingerprint density at radius 3 is 1.67 bits per heavy atom. The van der Waals surface area contributed by atoms with Gasteiger partial charge in [0.25, 0.3) is 0 Å². The number of allylic oxidation sites excluding steroid dienone is 10. The van der Waals surface area contributed by atoms with Gasteiger partial charge in [0.1, 0.15) is 4.75 Å². The van der Waals surface area contributed by atoms with E-state index in [0.717, 1.165) is 57.1 Å². The lowest BCUT2D eigenvalue weighted by Crippen LogP contribution is -2.27. The molecule has 152 valence electrons. The molecule has 0 rings (SSSR count). The molecule has 0 bridgehead atoms. The molecule has 0 aromatic heterocycles. The second kappa shape index (κ2) is 17.9. The second-order valence-corrected chi connectivity index (χ2v) is 8.59. The summed E-state index contributed by atoms with van der Waals surface area (Å²) in [5.41, 5.74) is 0. The summed E-state index contributed by atoms with van der Waals surface area (Å²) < 4.78 is -0.669. The highest BCUT2D eigenvalue weighted by atomic mass is 32.2. The number of hydrogen-bond acceptors (Lipinski definition) is 2. The molecule has 0 aliphatic carbocycles. The molecule has 0 saturated heterocycles. The van der Waals surface area contributed by atoms with E-state index in [1.165, 1.54) is 11.8 Å². The van der Waals surface area contributed by atoms with E-state index in [4.69, 9.17) is 5.11 Å². The lowest BCUT2D eigenvalue weighted by Gasteiger charge is -2.17. The number of aliphatic carboxylic acids is 1. The van der Waals surface area contributed by atoms with Gasteiger partial charge in [0, 0.05) is 0 Å². The molecule has 3 heteroatoms. The van der Waals surface area contributed by atoms with Crippen molar-refractivity contribution in [2.24, 2.45) is 0 Å². The Bertz CT molecular complexity index is 510. The van der Waals surface area contributed by atoms with Crippen LogP contribution in [0.2, 0.25) is 0 Å². The van der Waals surface area contributed by atoms with Crippen LogP contribution in [0.15, 0.2) is 60.8 Å². The van der Waals surface area contributed by atoms with E-state index in [-0.39, 0.29) is 0 Å². The van der Waals surface area contributed by atoms with Crippen molar-refractivity contribution < 1.29 is 9.90 Å². The molecule has 1 N–H and O–H groups in total. The summed E-state index contributed by atoms with van der Waals surface area (Å²) in [6.07, 6.45) is 30.5. The highest BCUT2D eigenvalue weighted by Crippen LogP contribution is 2.25. The molecule has 0 fully saturated rings. The van der Waals surface area contributed by atoms with E-state index in [1.54, 1.807) is 13.8 Å². The van der Waals surface area contributed by atoms with E-state index in [1.807, 2.05) is 0 Å². The van der Waals surface area contributed by atoms with E-state index in [0.29, 0.717) is 0 Å². The highest BCUT2D eigenvalue weighted by molar-refractivity contribution is 8.01.